The fourth-order valence-corrected chi connectivity index (χ4v) is 2.11. The van der Waals surface area contributed by atoms with E-state index in [1.54, 1.807) is 36.4 Å². The quantitative estimate of drug-likeness (QED) is 0.620. The lowest BCUT2D eigenvalue weighted by molar-refractivity contribution is 0.0600. The van der Waals surface area contributed by atoms with Crippen LogP contribution in [-0.2, 0) is 4.74 Å². The maximum Gasteiger partial charge on any atom is 0.337 e. The standard InChI is InChI=1S/C17H16BrNO4/c1-22-17(21)13-4-8-15(9-5-13)23-11-10-19-16(20)12-2-6-14(18)7-3-12/h2-9H,10-11H2,1H3,(H,19,20). The second-order valence-corrected chi connectivity index (χ2v) is 5.54. The zero-order chi connectivity index (χ0) is 16.7. The fraction of sp³-hybridized carbons (Fsp3) is 0.176. The van der Waals surface area contributed by atoms with E-state index in [0.29, 0.717) is 30.0 Å². The molecule has 0 aliphatic rings. The van der Waals surface area contributed by atoms with Gasteiger partial charge in [-0.25, -0.2) is 4.79 Å². The van der Waals surface area contributed by atoms with Crippen molar-refractivity contribution >= 4 is 27.8 Å². The molecule has 0 heterocycles. The van der Waals surface area contributed by atoms with Crippen molar-refractivity contribution < 1.29 is 19.1 Å². The van der Waals surface area contributed by atoms with Gasteiger partial charge in [0.2, 0.25) is 0 Å². The van der Waals surface area contributed by atoms with Crippen molar-refractivity contribution in [2.75, 3.05) is 20.3 Å². The highest BCUT2D eigenvalue weighted by Crippen LogP contribution is 2.13. The summed E-state index contributed by atoms with van der Waals surface area (Å²) in [4.78, 5) is 23.2. The zero-order valence-corrected chi connectivity index (χ0v) is 14.1. The lowest BCUT2D eigenvalue weighted by Crippen LogP contribution is -2.28. The molecule has 6 heteroatoms. The van der Waals surface area contributed by atoms with Gasteiger partial charge < -0.3 is 14.8 Å². The first-order valence-corrected chi connectivity index (χ1v) is 7.74. The normalized spacial score (nSPS) is 10.0. The SMILES string of the molecule is COC(=O)c1ccc(OCCNC(=O)c2ccc(Br)cc2)cc1. The molecule has 120 valence electrons. The molecule has 0 aliphatic carbocycles. The summed E-state index contributed by atoms with van der Waals surface area (Å²) in [6.07, 6.45) is 0. The van der Waals surface area contributed by atoms with E-state index in [4.69, 9.17) is 4.74 Å². The molecule has 5 nitrogen and oxygen atoms in total. The van der Waals surface area contributed by atoms with Gasteiger partial charge in [0.05, 0.1) is 19.2 Å². The summed E-state index contributed by atoms with van der Waals surface area (Å²) in [7, 11) is 1.33. The summed E-state index contributed by atoms with van der Waals surface area (Å²) in [5.74, 6) is 0.0796. The van der Waals surface area contributed by atoms with Crippen molar-refractivity contribution in [1.29, 1.82) is 0 Å². The second kappa shape index (κ2) is 8.33. The van der Waals surface area contributed by atoms with Crippen molar-refractivity contribution in [3.63, 3.8) is 0 Å². The summed E-state index contributed by atoms with van der Waals surface area (Å²) >= 11 is 3.32. The Morgan fingerprint density at radius 1 is 1.00 bits per heavy atom. The Balaban J connectivity index is 1.75. The number of hydrogen-bond donors (Lipinski definition) is 1. The topological polar surface area (TPSA) is 64.6 Å². The van der Waals surface area contributed by atoms with Gasteiger partial charge in [-0.3, -0.25) is 4.79 Å². The average Bonchev–Trinajstić information content (AvgIpc) is 2.59. The van der Waals surface area contributed by atoms with Gasteiger partial charge in [-0.2, -0.15) is 0 Å². The number of halogens is 1. The molecule has 0 spiro atoms. The molecule has 0 aromatic heterocycles. The van der Waals surface area contributed by atoms with E-state index in [0.717, 1.165) is 4.47 Å². The van der Waals surface area contributed by atoms with Crippen LogP contribution in [0.25, 0.3) is 0 Å². The average molecular weight is 378 g/mol. The summed E-state index contributed by atoms with van der Waals surface area (Å²) in [6.45, 7) is 0.716. The highest BCUT2D eigenvalue weighted by molar-refractivity contribution is 9.10. The molecular weight excluding hydrogens is 362 g/mol. The predicted octanol–water partition coefficient (Wildman–Crippen LogP) is 3.04. The third-order valence-corrected chi connectivity index (χ3v) is 3.57. The molecule has 0 unspecified atom stereocenters. The largest absolute Gasteiger partial charge is 0.492 e. The Bertz CT molecular complexity index is 668. The number of ether oxygens (including phenoxy) is 2. The first kappa shape index (κ1) is 17.0. The molecule has 1 amide bonds. The molecular formula is C17H16BrNO4. The fourth-order valence-electron chi connectivity index (χ4n) is 1.84. The smallest absolute Gasteiger partial charge is 0.337 e. The molecule has 0 atom stereocenters. The molecule has 0 bridgehead atoms. The van der Waals surface area contributed by atoms with Crippen LogP contribution < -0.4 is 10.1 Å². The van der Waals surface area contributed by atoms with E-state index in [-0.39, 0.29) is 5.91 Å². The minimum atomic E-state index is -0.390. The summed E-state index contributed by atoms with van der Waals surface area (Å²) < 4.78 is 11.0. The molecule has 0 fully saturated rings. The Labute approximate surface area is 142 Å². The van der Waals surface area contributed by atoms with Crippen molar-refractivity contribution in [2.45, 2.75) is 0 Å². The van der Waals surface area contributed by atoms with Crippen LogP contribution in [0.4, 0.5) is 0 Å². The Morgan fingerprint density at radius 3 is 2.22 bits per heavy atom. The number of amides is 1. The predicted molar refractivity (Wildman–Crippen MR) is 89.8 cm³/mol. The van der Waals surface area contributed by atoms with E-state index in [2.05, 4.69) is 26.0 Å². The van der Waals surface area contributed by atoms with Gasteiger partial charge in [0.1, 0.15) is 12.4 Å². The number of hydrogen-bond acceptors (Lipinski definition) is 4. The molecule has 0 saturated carbocycles. The zero-order valence-electron chi connectivity index (χ0n) is 12.5. The summed E-state index contributed by atoms with van der Waals surface area (Å²) in [6, 6.07) is 13.7. The van der Waals surface area contributed by atoms with Gasteiger partial charge in [0.25, 0.3) is 5.91 Å². The van der Waals surface area contributed by atoms with Crippen LogP contribution >= 0.6 is 15.9 Å². The third kappa shape index (κ3) is 5.10. The van der Waals surface area contributed by atoms with Crippen molar-refractivity contribution in [1.82, 2.24) is 5.32 Å². The number of carbonyl (C=O) groups excluding carboxylic acids is 2. The number of esters is 1. The van der Waals surface area contributed by atoms with Crippen LogP contribution in [0.1, 0.15) is 20.7 Å². The van der Waals surface area contributed by atoms with Gasteiger partial charge in [-0.15, -0.1) is 0 Å². The van der Waals surface area contributed by atoms with Gasteiger partial charge in [-0.1, -0.05) is 15.9 Å². The molecule has 0 radical (unpaired) electrons. The molecule has 1 N–H and O–H groups in total. The van der Waals surface area contributed by atoms with Crippen LogP contribution in [0, 0.1) is 0 Å². The van der Waals surface area contributed by atoms with Crippen LogP contribution in [0.15, 0.2) is 53.0 Å². The maximum atomic E-state index is 11.9. The van der Waals surface area contributed by atoms with Crippen LogP contribution in [-0.4, -0.2) is 32.1 Å². The third-order valence-electron chi connectivity index (χ3n) is 3.04. The summed E-state index contributed by atoms with van der Waals surface area (Å²) in [5.41, 5.74) is 1.05. The van der Waals surface area contributed by atoms with E-state index in [1.807, 2.05) is 12.1 Å². The minimum Gasteiger partial charge on any atom is -0.492 e. The Hall–Kier alpha value is -2.34. The van der Waals surface area contributed by atoms with Crippen molar-refractivity contribution in [2.24, 2.45) is 0 Å². The van der Waals surface area contributed by atoms with Gasteiger partial charge in [0.15, 0.2) is 0 Å². The summed E-state index contributed by atoms with van der Waals surface area (Å²) in [5, 5.41) is 2.77. The van der Waals surface area contributed by atoms with Gasteiger partial charge in [0, 0.05) is 10.0 Å². The van der Waals surface area contributed by atoms with Gasteiger partial charge in [-0.05, 0) is 48.5 Å². The molecule has 0 saturated heterocycles. The Morgan fingerprint density at radius 2 is 1.61 bits per heavy atom. The van der Waals surface area contributed by atoms with Gasteiger partial charge >= 0.3 is 5.97 Å². The van der Waals surface area contributed by atoms with Crippen LogP contribution in [0.5, 0.6) is 5.75 Å². The number of benzene rings is 2. The van der Waals surface area contributed by atoms with E-state index < -0.39 is 5.97 Å². The molecule has 23 heavy (non-hydrogen) atoms. The number of rotatable bonds is 6. The molecule has 2 rings (SSSR count). The first-order chi connectivity index (χ1) is 11.1. The second-order valence-electron chi connectivity index (χ2n) is 4.63. The minimum absolute atomic E-state index is 0.151. The van der Waals surface area contributed by atoms with Crippen LogP contribution in [0.3, 0.4) is 0 Å². The van der Waals surface area contributed by atoms with Crippen molar-refractivity contribution in [3.8, 4) is 5.75 Å². The van der Waals surface area contributed by atoms with Crippen molar-refractivity contribution in [3.05, 3.63) is 64.1 Å². The van der Waals surface area contributed by atoms with E-state index in [1.165, 1.54) is 7.11 Å². The molecule has 2 aromatic rings. The maximum absolute atomic E-state index is 11.9. The number of carbonyl (C=O) groups is 2. The first-order valence-electron chi connectivity index (χ1n) is 6.95. The van der Waals surface area contributed by atoms with Crippen LogP contribution in [0.2, 0.25) is 0 Å². The monoisotopic (exact) mass is 377 g/mol. The lowest BCUT2D eigenvalue weighted by Gasteiger charge is -2.08. The van der Waals surface area contributed by atoms with E-state index in [9.17, 15) is 9.59 Å². The number of nitrogens with one attached hydrogen (secondary N) is 1. The number of methoxy groups -OCH3 is 1. The molecule has 0 aliphatic heterocycles. The highest BCUT2D eigenvalue weighted by atomic mass is 79.9. The Kier molecular flexibility index (Phi) is 6.17. The highest BCUT2D eigenvalue weighted by Gasteiger charge is 2.06. The lowest BCUT2D eigenvalue weighted by atomic mass is 10.2. The van der Waals surface area contributed by atoms with E-state index >= 15 is 0 Å². The molecule has 2 aromatic carbocycles.